The molecule has 0 saturated carbocycles. The van der Waals surface area contributed by atoms with E-state index in [0.29, 0.717) is 53.1 Å². The minimum atomic E-state index is -4.69. The van der Waals surface area contributed by atoms with E-state index in [-0.39, 0.29) is 29.6 Å². The number of hydrogen-bond donors (Lipinski definition) is 1. The fourth-order valence-electron chi connectivity index (χ4n) is 5.88. The largest absolute Gasteiger partial charge is 0.497 e. The first-order chi connectivity index (χ1) is 23.9. The number of carbonyl (C=O) groups excluding carboxylic acids is 2. The molecule has 1 N–H and O–H groups in total. The van der Waals surface area contributed by atoms with Gasteiger partial charge >= 0.3 is 12.1 Å². The van der Waals surface area contributed by atoms with Crippen molar-refractivity contribution in [3.63, 3.8) is 0 Å². The van der Waals surface area contributed by atoms with Gasteiger partial charge in [-0.05, 0) is 60.4 Å². The standard InChI is InChI=1S/C35H32F3N7O5/c1-20-5-4-6-30(28-15-22(11-12-39-28)24-9-7-21(14-33(47)50-3)13-27(24)41-34(20)48)44-19-40-26(17-32(44)46)25-16-23(49-2)8-10-29(25)45-18-31(42-43-45)35(36,37)38/h7-13,15-20,30H,4-6,14H2,1-3H3,(H,41,48)/t20-,30+/m1/s1. The molecule has 5 aromatic rings. The van der Waals surface area contributed by atoms with Crippen molar-refractivity contribution in [3.05, 3.63) is 101 Å². The van der Waals surface area contributed by atoms with Gasteiger partial charge in [0.25, 0.3) is 5.56 Å². The molecule has 0 unspecified atom stereocenters. The zero-order chi connectivity index (χ0) is 35.6. The first-order valence-electron chi connectivity index (χ1n) is 15.7. The molecule has 6 rings (SSSR count). The van der Waals surface area contributed by atoms with Gasteiger partial charge in [-0.2, -0.15) is 13.2 Å². The quantitative estimate of drug-likeness (QED) is 0.224. The Morgan fingerprint density at radius 2 is 1.82 bits per heavy atom. The van der Waals surface area contributed by atoms with Crippen molar-refractivity contribution < 1.29 is 32.2 Å². The molecule has 0 spiro atoms. The van der Waals surface area contributed by atoms with Crippen LogP contribution in [-0.2, 0) is 26.9 Å². The Labute approximate surface area is 283 Å². The van der Waals surface area contributed by atoms with E-state index in [1.807, 2.05) is 19.1 Å². The van der Waals surface area contributed by atoms with Gasteiger partial charge in [0.2, 0.25) is 5.91 Å². The summed E-state index contributed by atoms with van der Waals surface area (Å²) in [5.41, 5.74) is 2.32. The van der Waals surface area contributed by atoms with Crippen LogP contribution in [0.3, 0.4) is 0 Å². The maximum Gasteiger partial charge on any atom is 0.436 e. The van der Waals surface area contributed by atoms with Crippen molar-refractivity contribution in [2.75, 3.05) is 19.5 Å². The fraction of sp³-hybridized carbons (Fsp3) is 0.286. The molecule has 258 valence electrons. The van der Waals surface area contributed by atoms with E-state index in [0.717, 1.165) is 16.4 Å². The van der Waals surface area contributed by atoms with E-state index in [9.17, 15) is 27.6 Å². The second-order valence-corrected chi connectivity index (χ2v) is 11.9. The molecule has 0 fully saturated rings. The third-order valence-corrected chi connectivity index (χ3v) is 8.60. The first kappa shape index (κ1) is 34.0. The summed E-state index contributed by atoms with van der Waals surface area (Å²) in [4.78, 5) is 48.3. The van der Waals surface area contributed by atoms with Gasteiger partial charge in [0.05, 0.1) is 56.3 Å². The summed E-state index contributed by atoms with van der Waals surface area (Å²) in [6, 6.07) is 14.4. The van der Waals surface area contributed by atoms with Crippen LogP contribution in [0, 0.1) is 5.92 Å². The summed E-state index contributed by atoms with van der Waals surface area (Å²) in [5.74, 6) is -0.563. The molecular formula is C35H32F3N7O5. The van der Waals surface area contributed by atoms with Gasteiger partial charge in [-0.25, -0.2) is 9.67 Å². The zero-order valence-corrected chi connectivity index (χ0v) is 27.3. The second kappa shape index (κ2) is 13.9. The molecule has 0 radical (unpaired) electrons. The highest BCUT2D eigenvalue weighted by molar-refractivity contribution is 5.97. The molecule has 0 aliphatic carbocycles. The summed E-state index contributed by atoms with van der Waals surface area (Å²) >= 11 is 0. The normalized spacial score (nSPS) is 16.4. The molecule has 1 aliphatic rings. The number of anilines is 1. The van der Waals surface area contributed by atoms with Gasteiger partial charge in [-0.1, -0.05) is 30.7 Å². The Morgan fingerprint density at radius 1 is 1.00 bits per heavy atom. The van der Waals surface area contributed by atoms with Gasteiger partial charge in [-0.15, -0.1) is 5.10 Å². The average Bonchev–Trinajstić information content (AvgIpc) is 3.61. The maximum absolute atomic E-state index is 13.9. The molecule has 2 bridgehead atoms. The van der Waals surface area contributed by atoms with Gasteiger partial charge in [-0.3, -0.25) is 23.9 Å². The van der Waals surface area contributed by atoms with Crippen LogP contribution in [0.2, 0.25) is 0 Å². The van der Waals surface area contributed by atoms with E-state index in [1.165, 1.54) is 37.2 Å². The molecule has 0 saturated heterocycles. The topological polar surface area (TPSA) is 143 Å². The number of methoxy groups -OCH3 is 2. The van der Waals surface area contributed by atoms with Crippen LogP contribution in [0.5, 0.6) is 5.75 Å². The van der Waals surface area contributed by atoms with Crippen molar-refractivity contribution in [1.82, 2.24) is 29.5 Å². The fourth-order valence-corrected chi connectivity index (χ4v) is 5.88. The van der Waals surface area contributed by atoms with Crippen LogP contribution in [-0.4, -0.2) is 55.6 Å². The number of fused-ring (bicyclic) bond motifs is 4. The predicted octanol–water partition coefficient (Wildman–Crippen LogP) is 5.64. The number of nitrogens with zero attached hydrogens (tertiary/aromatic N) is 6. The Balaban J connectivity index is 1.41. The van der Waals surface area contributed by atoms with Crippen molar-refractivity contribution in [3.8, 4) is 33.8 Å². The molecule has 1 amide bonds. The van der Waals surface area contributed by atoms with Crippen LogP contribution in [0.15, 0.2) is 78.1 Å². The Kier molecular flexibility index (Phi) is 9.48. The lowest BCUT2D eigenvalue weighted by molar-refractivity contribution is -0.141. The summed E-state index contributed by atoms with van der Waals surface area (Å²) in [5, 5.41) is 9.94. The lowest BCUT2D eigenvalue weighted by atomic mass is 9.94. The number of ether oxygens (including phenoxy) is 2. The third-order valence-electron chi connectivity index (χ3n) is 8.60. The predicted molar refractivity (Wildman–Crippen MR) is 176 cm³/mol. The van der Waals surface area contributed by atoms with Crippen LogP contribution < -0.4 is 15.6 Å². The maximum atomic E-state index is 13.9. The van der Waals surface area contributed by atoms with Gasteiger partial charge in [0.1, 0.15) is 5.75 Å². The highest BCUT2D eigenvalue weighted by atomic mass is 19.4. The number of pyridine rings is 1. The lowest BCUT2D eigenvalue weighted by Gasteiger charge is -2.23. The summed E-state index contributed by atoms with van der Waals surface area (Å²) in [6.45, 7) is 1.83. The lowest BCUT2D eigenvalue weighted by Crippen LogP contribution is -2.27. The monoisotopic (exact) mass is 687 g/mol. The minimum absolute atomic E-state index is 0.0372. The molecule has 2 atom stereocenters. The second-order valence-electron chi connectivity index (χ2n) is 11.9. The van der Waals surface area contributed by atoms with Crippen molar-refractivity contribution in [1.29, 1.82) is 0 Å². The number of esters is 1. The summed E-state index contributed by atoms with van der Waals surface area (Å²) < 4.78 is 52.5. The SMILES string of the molecule is COC(=O)Cc1ccc2c(c1)NC(=O)[C@H](C)CCC[C@H](n1cnc(-c3cc(OC)ccc3-n3cc(C(F)(F)F)nn3)cc1=O)c1cc-2ccn1. The number of nitrogens with one attached hydrogen (secondary N) is 1. The van der Waals surface area contributed by atoms with Crippen LogP contribution in [0.25, 0.3) is 28.1 Å². The molecule has 15 heteroatoms. The zero-order valence-electron chi connectivity index (χ0n) is 27.3. The number of rotatable bonds is 6. The van der Waals surface area contributed by atoms with Crippen LogP contribution in [0.4, 0.5) is 18.9 Å². The molecule has 2 aromatic carbocycles. The number of benzene rings is 2. The third kappa shape index (κ3) is 7.11. The molecule has 3 aromatic heterocycles. The number of amides is 1. The average molecular weight is 688 g/mol. The van der Waals surface area contributed by atoms with Crippen molar-refractivity contribution in [2.24, 2.45) is 5.92 Å². The Morgan fingerprint density at radius 3 is 2.54 bits per heavy atom. The highest BCUT2D eigenvalue weighted by Gasteiger charge is 2.35. The van der Waals surface area contributed by atoms with E-state index >= 15 is 0 Å². The van der Waals surface area contributed by atoms with E-state index in [2.05, 4.69) is 25.6 Å². The van der Waals surface area contributed by atoms with Gasteiger partial charge in [0, 0.05) is 35.0 Å². The Bertz CT molecular complexity index is 2130. The number of alkyl halides is 3. The molecule has 1 aliphatic heterocycles. The molecule has 50 heavy (non-hydrogen) atoms. The smallest absolute Gasteiger partial charge is 0.436 e. The van der Waals surface area contributed by atoms with Gasteiger partial charge in [0.15, 0.2) is 5.69 Å². The van der Waals surface area contributed by atoms with Crippen molar-refractivity contribution >= 4 is 17.6 Å². The minimum Gasteiger partial charge on any atom is -0.497 e. The first-order valence-corrected chi connectivity index (χ1v) is 15.7. The molecule has 4 heterocycles. The van der Waals surface area contributed by atoms with Crippen molar-refractivity contribution in [2.45, 2.75) is 44.8 Å². The number of carbonyl (C=O) groups is 2. The van der Waals surface area contributed by atoms with Crippen LogP contribution >= 0.6 is 0 Å². The van der Waals surface area contributed by atoms with E-state index in [4.69, 9.17) is 9.47 Å². The molecule has 12 nitrogen and oxygen atoms in total. The van der Waals surface area contributed by atoms with Gasteiger partial charge < -0.3 is 14.8 Å². The summed E-state index contributed by atoms with van der Waals surface area (Å²) in [7, 11) is 2.75. The summed E-state index contributed by atoms with van der Waals surface area (Å²) in [6.07, 6.45) is 0.668. The van der Waals surface area contributed by atoms with E-state index < -0.39 is 29.4 Å². The Hall–Kier alpha value is -5.86. The van der Waals surface area contributed by atoms with Crippen LogP contribution in [0.1, 0.15) is 49.2 Å². The number of aromatic nitrogens is 6. The number of hydrogen-bond acceptors (Lipinski definition) is 9. The molecular weight excluding hydrogens is 655 g/mol. The highest BCUT2D eigenvalue weighted by Crippen LogP contribution is 2.35. The van der Waals surface area contributed by atoms with E-state index in [1.54, 1.807) is 36.5 Å². The number of halogens is 3.